The normalized spacial score (nSPS) is 18.7. The molecule has 0 aliphatic carbocycles. The molecule has 1 aliphatic rings. The molecule has 37 heavy (non-hydrogen) atoms. The van der Waals surface area contributed by atoms with Gasteiger partial charge in [0.15, 0.2) is 0 Å². The smallest absolute Gasteiger partial charge is 0.258 e. The van der Waals surface area contributed by atoms with Crippen LogP contribution < -0.4 is 10.1 Å². The minimum atomic E-state index is -0.340. The van der Waals surface area contributed by atoms with E-state index >= 15 is 0 Å². The van der Waals surface area contributed by atoms with Crippen molar-refractivity contribution in [2.75, 3.05) is 52.7 Å². The average Bonchev–Trinajstić information content (AvgIpc) is 2.86. The summed E-state index contributed by atoms with van der Waals surface area (Å²) in [6.45, 7) is 6.55. The second kappa shape index (κ2) is 13.6. The minimum Gasteiger partial charge on any atom is -0.488 e. The van der Waals surface area contributed by atoms with E-state index in [0.717, 1.165) is 19.5 Å². The van der Waals surface area contributed by atoms with Gasteiger partial charge < -0.3 is 25.0 Å². The first kappa shape index (κ1) is 28.6. The van der Waals surface area contributed by atoms with E-state index in [9.17, 15) is 14.7 Å². The minimum absolute atomic E-state index is 0.0420. The maximum Gasteiger partial charge on any atom is 0.258 e. The van der Waals surface area contributed by atoms with Gasteiger partial charge >= 0.3 is 0 Å². The summed E-state index contributed by atoms with van der Waals surface area (Å²) in [5.74, 6) is 0.245. The fraction of sp³-hybridized carbons (Fsp3) is 0.517. The van der Waals surface area contributed by atoms with Crippen LogP contribution in [0, 0.1) is 5.92 Å². The number of carbonyl (C=O) groups is 2. The molecule has 1 heterocycles. The Morgan fingerprint density at radius 3 is 2.59 bits per heavy atom. The van der Waals surface area contributed by atoms with Gasteiger partial charge in [-0.05, 0) is 64.8 Å². The van der Waals surface area contributed by atoms with Crippen LogP contribution in [0.5, 0.6) is 5.75 Å². The molecule has 8 heteroatoms. The Bertz CT molecular complexity index is 1030. The van der Waals surface area contributed by atoms with Crippen LogP contribution in [0.4, 0.5) is 5.69 Å². The predicted octanol–water partition coefficient (Wildman–Crippen LogP) is 3.32. The Labute approximate surface area is 221 Å². The summed E-state index contributed by atoms with van der Waals surface area (Å²) < 4.78 is 6.47. The molecule has 2 aromatic rings. The molecule has 2 N–H and O–H groups in total. The van der Waals surface area contributed by atoms with Crippen molar-refractivity contribution < 1.29 is 19.4 Å². The molecule has 3 atom stereocenters. The lowest BCUT2D eigenvalue weighted by Gasteiger charge is -2.38. The molecule has 0 unspecified atom stereocenters. The number of nitrogens with zero attached hydrogens (tertiary/aromatic N) is 3. The second-order valence-corrected chi connectivity index (χ2v) is 10.5. The Kier molecular flexibility index (Phi) is 10.5. The van der Waals surface area contributed by atoms with Crippen molar-refractivity contribution in [3.05, 3.63) is 59.7 Å². The van der Waals surface area contributed by atoms with Gasteiger partial charge in [-0.25, -0.2) is 0 Å². The van der Waals surface area contributed by atoms with Crippen LogP contribution in [0.2, 0.25) is 0 Å². The van der Waals surface area contributed by atoms with Gasteiger partial charge in [0, 0.05) is 37.7 Å². The maximum absolute atomic E-state index is 13.6. The van der Waals surface area contributed by atoms with Crippen LogP contribution in [-0.4, -0.2) is 91.2 Å². The van der Waals surface area contributed by atoms with Crippen molar-refractivity contribution in [1.29, 1.82) is 0 Å². The molecule has 8 nitrogen and oxygen atoms in total. The second-order valence-electron chi connectivity index (χ2n) is 10.5. The van der Waals surface area contributed by atoms with Crippen molar-refractivity contribution in [2.24, 2.45) is 5.92 Å². The molecule has 0 saturated carbocycles. The molecule has 3 rings (SSSR count). The molecule has 0 fully saturated rings. The van der Waals surface area contributed by atoms with E-state index in [-0.39, 0.29) is 36.5 Å². The Balaban J connectivity index is 1.82. The van der Waals surface area contributed by atoms with Gasteiger partial charge in [-0.2, -0.15) is 0 Å². The first-order chi connectivity index (χ1) is 17.7. The number of hydrogen-bond acceptors (Lipinski definition) is 6. The van der Waals surface area contributed by atoms with E-state index in [1.54, 1.807) is 23.1 Å². The highest BCUT2D eigenvalue weighted by atomic mass is 16.5. The van der Waals surface area contributed by atoms with E-state index < -0.39 is 0 Å². The molecule has 0 saturated heterocycles. The lowest BCUT2D eigenvalue weighted by Crippen LogP contribution is -2.49. The fourth-order valence-corrected chi connectivity index (χ4v) is 4.56. The lowest BCUT2D eigenvalue weighted by atomic mass is 9.99. The molecule has 2 aromatic carbocycles. The number of carbonyl (C=O) groups excluding carboxylic acids is 2. The third-order valence-electron chi connectivity index (χ3n) is 6.74. The first-order valence-electron chi connectivity index (χ1n) is 13.1. The number of amides is 2. The summed E-state index contributed by atoms with van der Waals surface area (Å²) in [5.41, 5.74) is 2.18. The Morgan fingerprint density at radius 2 is 1.92 bits per heavy atom. The number of anilines is 1. The lowest BCUT2D eigenvalue weighted by molar-refractivity contribution is -0.116. The van der Waals surface area contributed by atoms with Crippen molar-refractivity contribution in [1.82, 2.24) is 14.7 Å². The average molecular weight is 511 g/mol. The molecule has 1 aliphatic heterocycles. The molecule has 0 aromatic heterocycles. The molecule has 2 amide bonds. The summed E-state index contributed by atoms with van der Waals surface area (Å²) in [6, 6.07) is 15.2. The Hall–Kier alpha value is -2.94. The highest BCUT2D eigenvalue weighted by Crippen LogP contribution is 2.31. The monoisotopic (exact) mass is 510 g/mol. The van der Waals surface area contributed by atoms with Gasteiger partial charge in [0.2, 0.25) is 5.91 Å². The van der Waals surface area contributed by atoms with Gasteiger partial charge in [-0.3, -0.25) is 14.5 Å². The third kappa shape index (κ3) is 8.28. The maximum atomic E-state index is 13.6. The zero-order valence-electron chi connectivity index (χ0n) is 22.8. The van der Waals surface area contributed by atoms with E-state index in [1.807, 2.05) is 44.1 Å². The van der Waals surface area contributed by atoms with Crippen LogP contribution in [0.25, 0.3) is 0 Å². The number of nitrogens with one attached hydrogen (secondary N) is 1. The fourth-order valence-electron chi connectivity index (χ4n) is 4.56. The summed E-state index contributed by atoms with van der Waals surface area (Å²) >= 11 is 0. The summed E-state index contributed by atoms with van der Waals surface area (Å²) in [7, 11) is 6.02. The number of hydrogen-bond donors (Lipinski definition) is 2. The van der Waals surface area contributed by atoms with E-state index in [0.29, 0.717) is 36.5 Å². The number of aliphatic hydroxyl groups is 1. The standard InChI is InChI=1S/C29H42N4O4/c1-21-17-33(22(2)20-34)29(36)25-16-24(30-28(35)12-9-15-31(3)4)13-14-26(25)37-27(21)19-32(5)18-23-10-7-6-8-11-23/h6-8,10-11,13-14,16,21-22,27,34H,9,12,15,17-20H2,1-5H3,(H,30,35)/t21-,22-,27-/m0/s1. The number of aliphatic hydroxyl groups excluding tert-OH is 1. The van der Waals surface area contributed by atoms with Crippen LogP contribution in [0.3, 0.4) is 0 Å². The molecular formula is C29H42N4O4. The van der Waals surface area contributed by atoms with E-state index in [4.69, 9.17) is 4.74 Å². The number of fused-ring (bicyclic) bond motifs is 1. The van der Waals surface area contributed by atoms with Crippen molar-refractivity contribution in [3.8, 4) is 5.75 Å². The number of ether oxygens (including phenoxy) is 1. The van der Waals surface area contributed by atoms with Crippen molar-refractivity contribution >= 4 is 17.5 Å². The van der Waals surface area contributed by atoms with Crippen LogP contribution in [0.15, 0.2) is 48.5 Å². The third-order valence-corrected chi connectivity index (χ3v) is 6.74. The van der Waals surface area contributed by atoms with Crippen LogP contribution in [0.1, 0.15) is 42.6 Å². The number of benzene rings is 2. The number of likely N-dealkylation sites (N-methyl/N-ethyl adjacent to an activating group) is 1. The summed E-state index contributed by atoms with van der Waals surface area (Å²) in [4.78, 5) is 32.0. The quantitative estimate of drug-likeness (QED) is 0.483. The van der Waals surface area contributed by atoms with Crippen LogP contribution in [-0.2, 0) is 11.3 Å². The van der Waals surface area contributed by atoms with Gasteiger partial charge in [0.1, 0.15) is 11.9 Å². The van der Waals surface area contributed by atoms with Gasteiger partial charge in [0.25, 0.3) is 5.91 Å². The number of rotatable bonds is 11. The molecule has 202 valence electrons. The van der Waals surface area contributed by atoms with Crippen molar-refractivity contribution in [2.45, 2.75) is 45.4 Å². The molecule has 0 radical (unpaired) electrons. The topological polar surface area (TPSA) is 85.3 Å². The van der Waals surface area contributed by atoms with E-state index in [1.165, 1.54) is 5.56 Å². The summed E-state index contributed by atoms with van der Waals surface area (Å²) in [5, 5.41) is 12.8. The van der Waals surface area contributed by atoms with Crippen LogP contribution >= 0.6 is 0 Å². The largest absolute Gasteiger partial charge is 0.488 e. The van der Waals surface area contributed by atoms with E-state index in [2.05, 4.69) is 36.3 Å². The van der Waals surface area contributed by atoms with Gasteiger partial charge in [-0.15, -0.1) is 0 Å². The molecule has 0 spiro atoms. The highest BCUT2D eigenvalue weighted by molar-refractivity contribution is 5.99. The first-order valence-corrected chi connectivity index (χ1v) is 13.1. The van der Waals surface area contributed by atoms with Gasteiger partial charge in [0.05, 0.1) is 18.2 Å². The highest BCUT2D eigenvalue weighted by Gasteiger charge is 2.33. The zero-order chi connectivity index (χ0) is 26.9. The SMILES string of the molecule is C[C@H]1CN([C@@H](C)CO)C(=O)c2cc(NC(=O)CCCN(C)C)ccc2O[C@H]1CN(C)Cc1ccccc1. The predicted molar refractivity (Wildman–Crippen MR) is 147 cm³/mol. The molecular weight excluding hydrogens is 468 g/mol. The Morgan fingerprint density at radius 1 is 1.19 bits per heavy atom. The zero-order valence-corrected chi connectivity index (χ0v) is 22.8. The van der Waals surface area contributed by atoms with Crippen molar-refractivity contribution in [3.63, 3.8) is 0 Å². The summed E-state index contributed by atoms with van der Waals surface area (Å²) in [6.07, 6.45) is 0.991. The van der Waals surface area contributed by atoms with Gasteiger partial charge in [-0.1, -0.05) is 37.3 Å². The molecule has 0 bridgehead atoms.